The van der Waals surface area contributed by atoms with Gasteiger partial charge in [-0.2, -0.15) is 0 Å². The Labute approximate surface area is 133 Å². The maximum Gasteiger partial charge on any atom is 0.0809 e. The monoisotopic (exact) mass is 317 g/mol. The number of nitrogens with one attached hydrogen (secondary N) is 1. The van der Waals surface area contributed by atoms with Gasteiger partial charge in [-0.3, -0.25) is 9.97 Å². The molecule has 21 heavy (non-hydrogen) atoms. The molecule has 0 saturated carbocycles. The molecule has 0 bridgehead atoms. The van der Waals surface area contributed by atoms with E-state index in [1.54, 1.807) is 23.7 Å². The van der Waals surface area contributed by atoms with Gasteiger partial charge < -0.3 is 5.32 Å². The van der Waals surface area contributed by atoms with Gasteiger partial charge in [0.2, 0.25) is 0 Å². The molecule has 3 nitrogen and oxygen atoms in total. The number of fused-ring (bicyclic) bond motifs is 1. The van der Waals surface area contributed by atoms with Crippen LogP contribution >= 0.6 is 22.9 Å². The van der Waals surface area contributed by atoms with Crippen molar-refractivity contribution in [3.8, 4) is 0 Å². The van der Waals surface area contributed by atoms with E-state index in [9.17, 15) is 0 Å². The minimum absolute atomic E-state index is 0.203. The fourth-order valence-corrected chi connectivity index (χ4v) is 3.38. The number of nitrogens with zero attached hydrogens (tertiary/aromatic N) is 2. The summed E-state index contributed by atoms with van der Waals surface area (Å²) in [5.74, 6) is 0. The van der Waals surface area contributed by atoms with Crippen molar-refractivity contribution in [1.82, 2.24) is 15.3 Å². The molecule has 0 amide bonds. The van der Waals surface area contributed by atoms with Gasteiger partial charge in [-0.05, 0) is 47.7 Å². The van der Waals surface area contributed by atoms with Crippen molar-refractivity contribution in [3.05, 3.63) is 58.3 Å². The number of aromatic nitrogens is 2. The van der Waals surface area contributed by atoms with Gasteiger partial charge in [0, 0.05) is 24.6 Å². The third-order valence-electron chi connectivity index (χ3n) is 3.46. The molecular formula is C16H16ClN3S. The molecule has 3 heterocycles. The predicted molar refractivity (Wildman–Crippen MR) is 89.0 cm³/mol. The molecule has 1 unspecified atom stereocenters. The van der Waals surface area contributed by atoms with Crippen LogP contribution in [0.5, 0.6) is 0 Å². The Bertz CT molecular complexity index is 741. The van der Waals surface area contributed by atoms with Gasteiger partial charge in [-0.25, -0.2) is 0 Å². The van der Waals surface area contributed by atoms with Crippen LogP contribution < -0.4 is 5.32 Å². The van der Waals surface area contributed by atoms with Crippen LogP contribution in [0.15, 0.2) is 42.2 Å². The van der Waals surface area contributed by atoms with Gasteiger partial charge in [-0.15, -0.1) is 11.3 Å². The van der Waals surface area contributed by atoms with E-state index in [2.05, 4.69) is 33.7 Å². The molecule has 3 rings (SSSR count). The number of hydrogen-bond acceptors (Lipinski definition) is 4. The lowest BCUT2D eigenvalue weighted by atomic mass is 10.0. The Morgan fingerprint density at radius 3 is 3.05 bits per heavy atom. The van der Waals surface area contributed by atoms with E-state index in [1.165, 1.54) is 10.3 Å². The van der Waals surface area contributed by atoms with E-state index in [0.29, 0.717) is 5.02 Å². The summed E-state index contributed by atoms with van der Waals surface area (Å²) < 4.78 is 1.22. The Hall–Kier alpha value is -1.49. The Balaban J connectivity index is 1.91. The van der Waals surface area contributed by atoms with Crippen molar-refractivity contribution in [1.29, 1.82) is 0 Å². The normalized spacial score (nSPS) is 12.7. The van der Waals surface area contributed by atoms with Crippen LogP contribution in [0.4, 0.5) is 0 Å². The second-order valence-corrected chi connectivity index (χ2v) is 6.21. The average Bonchev–Trinajstić information content (AvgIpc) is 2.96. The highest BCUT2D eigenvalue weighted by atomic mass is 35.5. The molecule has 1 atom stereocenters. The van der Waals surface area contributed by atoms with Gasteiger partial charge in [-0.1, -0.05) is 18.5 Å². The first kappa shape index (κ1) is 14.4. The highest BCUT2D eigenvalue weighted by Crippen LogP contribution is 2.26. The van der Waals surface area contributed by atoms with Gasteiger partial charge in [0.15, 0.2) is 0 Å². The zero-order chi connectivity index (χ0) is 14.7. The maximum atomic E-state index is 6.23. The van der Waals surface area contributed by atoms with E-state index >= 15 is 0 Å². The molecule has 0 aliphatic heterocycles. The molecule has 0 spiro atoms. The van der Waals surface area contributed by atoms with Gasteiger partial charge in [0.05, 0.1) is 15.2 Å². The van der Waals surface area contributed by atoms with E-state index in [-0.39, 0.29) is 6.04 Å². The van der Waals surface area contributed by atoms with Crippen molar-refractivity contribution in [2.75, 3.05) is 6.54 Å². The van der Waals surface area contributed by atoms with Crippen LogP contribution in [0.1, 0.15) is 24.1 Å². The lowest BCUT2D eigenvalue weighted by molar-refractivity contribution is 0.549. The highest BCUT2D eigenvalue weighted by molar-refractivity contribution is 7.17. The average molecular weight is 318 g/mol. The van der Waals surface area contributed by atoms with Crippen LogP contribution in [-0.4, -0.2) is 16.5 Å². The molecule has 0 aliphatic carbocycles. The van der Waals surface area contributed by atoms with Crippen LogP contribution in [0.3, 0.4) is 0 Å². The Morgan fingerprint density at radius 1 is 1.33 bits per heavy atom. The number of thiophene rings is 1. The van der Waals surface area contributed by atoms with Crippen molar-refractivity contribution < 1.29 is 0 Å². The molecule has 3 aromatic rings. The molecule has 5 heteroatoms. The maximum absolute atomic E-state index is 6.23. The summed E-state index contributed by atoms with van der Waals surface area (Å²) >= 11 is 7.95. The van der Waals surface area contributed by atoms with E-state index < -0.39 is 0 Å². The standard InChI is InChI=1S/C16H16ClN3S/c1-2-19-15(7-11-3-5-18-10-13(11)17)12-8-16-14(20-9-12)4-6-21-16/h3-6,8-10,15,19H,2,7H2,1H3. The first-order valence-corrected chi connectivity index (χ1v) is 8.18. The third kappa shape index (κ3) is 3.23. The quantitative estimate of drug-likeness (QED) is 0.765. The molecule has 0 fully saturated rings. The fraction of sp³-hybridized carbons (Fsp3) is 0.250. The largest absolute Gasteiger partial charge is 0.310 e. The van der Waals surface area contributed by atoms with Crippen molar-refractivity contribution in [2.24, 2.45) is 0 Å². The summed E-state index contributed by atoms with van der Waals surface area (Å²) in [6.45, 7) is 3.01. The van der Waals surface area contributed by atoms with Crippen LogP contribution in [-0.2, 0) is 6.42 Å². The fourth-order valence-electron chi connectivity index (χ4n) is 2.40. The van der Waals surface area contributed by atoms with Gasteiger partial charge in [0.1, 0.15) is 0 Å². The van der Waals surface area contributed by atoms with E-state index in [0.717, 1.165) is 24.0 Å². The number of hydrogen-bond donors (Lipinski definition) is 1. The SMILES string of the molecule is CCNC(Cc1ccncc1Cl)c1cnc2ccsc2c1. The van der Waals surface area contributed by atoms with Gasteiger partial charge in [0.25, 0.3) is 0 Å². The number of halogens is 1. The van der Waals surface area contributed by atoms with Crippen LogP contribution in [0.25, 0.3) is 10.2 Å². The van der Waals surface area contributed by atoms with Crippen LogP contribution in [0, 0.1) is 0 Å². The summed E-state index contributed by atoms with van der Waals surface area (Å²) in [4.78, 5) is 8.58. The smallest absolute Gasteiger partial charge is 0.0809 e. The van der Waals surface area contributed by atoms with Crippen molar-refractivity contribution in [2.45, 2.75) is 19.4 Å². The summed E-state index contributed by atoms with van der Waals surface area (Å²) in [5, 5.41) is 6.30. The molecule has 3 aromatic heterocycles. The zero-order valence-electron chi connectivity index (χ0n) is 11.7. The lowest BCUT2D eigenvalue weighted by Gasteiger charge is -2.18. The molecule has 1 N–H and O–H groups in total. The first-order valence-electron chi connectivity index (χ1n) is 6.93. The highest BCUT2D eigenvalue weighted by Gasteiger charge is 2.14. The zero-order valence-corrected chi connectivity index (χ0v) is 13.3. The number of likely N-dealkylation sites (N-methyl/N-ethyl adjacent to an activating group) is 1. The Morgan fingerprint density at radius 2 is 2.24 bits per heavy atom. The third-order valence-corrected chi connectivity index (χ3v) is 4.65. The number of pyridine rings is 2. The molecule has 0 aromatic carbocycles. The molecular weight excluding hydrogens is 302 g/mol. The molecule has 0 radical (unpaired) electrons. The van der Waals surface area contributed by atoms with Gasteiger partial charge >= 0.3 is 0 Å². The minimum Gasteiger partial charge on any atom is -0.310 e. The summed E-state index contributed by atoms with van der Waals surface area (Å²) in [5.41, 5.74) is 3.35. The minimum atomic E-state index is 0.203. The summed E-state index contributed by atoms with van der Waals surface area (Å²) in [6, 6.07) is 6.44. The second-order valence-electron chi connectivity index (χ2n) is 4.85. The Kier molecular flexibility index (Phi) is 4.48. The predicted octanol–water partition coefficient (Wildman–Crippen LogP) is 4.24. The number of rotatable bonds is 5. The molecule has 0 saturated heterocycles. The van der Waals surface area contributed by atoms with E-state index in [1.807, 2.05) is 18.3 Å². The van der Waals surface area contributed by atoms with Crippen molar-refractivity contribution in [3.63, 3.8) is 0 Å². The first-order chi connectivity index (χ1) is 10.3. The van der Waals surface area contributed by atoms with Crippen molar-refractivity contribution >= 4 is 33.2 Å². The summed E-state index contributed by atoms with van der Waals surface area (Å²) in [6.07, 6.45) is 6.26. The molecule has 0 aliphatic rings. The lowest BCUT2D eigenvalue weighted by Crippen LogP contribution is -2.23. The van der Waals surface area contributed by atoms with Crippen LogP contribution in [0.2, 0.25) is 5.02 Å². The summed E-state index contributed by atoms with van der Waals surface area (Å²) in [7, 11) is 0. The topological polar surface area (TPSA) is 37.8 Å². The second kappa shape index (κ2) is 6.52. The van der Waals surface area contributed by atoms with E-state index in [4.69, 9.17) is 11.6 Å². The molecule has 108 valence electrons.